The molecule has 0 atom stereocenters. The minimum Gasteiger partial charge on any atom is -0.308 e. The quantitative estimate of drug-likeness (QED) is 0.169. The first kappa shape index (κ1) is 31.4. The van der Waals surface area contributed by atoms with Crippen LogP contribution in [0.1, 0.15) is 0 Å². The SMILES string of the molecule is c1ccc(-c2ccc(-c3c4ccccc4cc4nc(-c5ccccc5)c(-n5c6cccc7c8cccc9c%10ccccc%10n(c%10cccc5c%10c76)c89)nc34)cc2)cc1. The zero-order valence-corrected chi connectivity index (χ0v) is 31.3. The van der Waals surface area contributed by atoms with Crippen molar-refractivity contribution in [1.82, 2.24) is 18.9 Å². The zero-order valence-electron chi connectivity index (χ0n) is 31.3. The van der Waals surface area contributed by atoms with Gasteiger partial charge < -0.3 is 4.40 Å². The van der Waals surface area contributed by atoms with Gasteiger partial charge in [0.1, 0.15) is 5.69 Å². The first-order valence-electron chi connectivity index (χ1n) is 19.8. The van der Waals surface area contributed by atoms with Crippen LogP contribution in [0.15, 0.2) is 194 Å². The number of para-hydroxylation sites is 2. The van der Waals surface area contributed by atoms with Gasteiger partial charge in [-0.2, -0.15) is 0 Å². The van der Waals surface area contributed by atoms with Crippen LogP contribution in [0, 0.1) is 0 Å². The standard InChI is InChI=1S/C54H32N4/c1-3-14-33(15-4-1)34-28-30-35(31-29-34)48-38-19-8-7-18-37(38)32-43-52(48)56-54(51(55-43)36-16-5-2-6-17-36)58-45-25-12-21-40-42-23-11-22-41-39-20-9-10-24-44(39)57(53(41)42)46-26-13-27-47(58)50(46)49(40)45/h1-32H. The summed E-state index contributed by atoms with van der Waals surface area (Å²) in [5, 5.41) is 9.70. The topological polar surface area (TPSA) is 35.1 Å². The molecule has 9 aromatic carbocycles. The molecule has 268 valence electrons. The summed E-state index contributed by atoms with van der Waals surface area (Å²) >= 11 is 0. The van der Waals surface area contributed by atoms with E-state index in [1.807, 2.05) is 0 Å². The first-order chi connectivity index (χ1) is 28.8. The molecular formula is C54H32N4. The van der Waals surface area contributed by atoms with Crippen molar-refractivity contribution in [2.75, 3.05) is 0 Å². The van der Waals surface area contributed by atoms with E-state index in [-0.39, 0.29) is 0 Å². The Bertz CT molecular complexity index is 3770. The molecule has 0 saturated carbocycles. The Balaban J connectivity index is 1.19. The monoisotopic (exact) mass is 736 g/mol. The highest BCUT2D eigenvalue weighted by Crippen LogP contribution is 2.45. The van der Waals surface area contributed by atoms with Gasteiger partial charge in [0.15, 0.2) is 5.82 Å². The Morgan fingerprint density at radius 2 is 0.914 bits per heavy atom. The third-order valence-corrected chi connectivity index (χ3v) is 12.2. The molecule has 0 saturated heterocycles. The molecular weight excluding hydrogens is 705 g/mol. The lowest BCUT2D eigenvalue weighted by Gasteiger charge is -2.17. The first-order valence-corrected chi connectivity index (χ1v) is 19.8. The maximum absolute atomic E-state index is 5.82. The third kappa shape index (κ3) is 4.29. The summed E-state index contributed by atoms with van der Waals surface area (Å²) in [5.41, 5.74) is 14.0. The fourth-order valence-corrected chi connectivity index (χ4v) is 9.76. The van der Waals surface area contributed by atoms with Gasteiger partial charge >= 0.3 is 0 Å². The van der Waals surface area contributed by atoms with E-state index in [4.69, 9.17) is 9.97 Å². The minimum absolute atomic E-state index is 0.807. The summed E-state index contributed by atoms with van der Waals surface area (Å²) in [4.78, 5) is 11.4. The summed E-state index contributed by atoms with van der Waals surface area (Å²) in [7, 11) is 0. The average molecular weight is 737 g/mol. The molecule has 0 aliphatic heterocycles. The van der Waals surface area contributed by atoms with Gasteiger partial charge in [0.2, 0.25) is 0 Å². The molecule has 0 amide bonds. The number of rotatable bonds is 4. The molecule has 4 nitrogen and oxygen atoms in total. The molecule has 0 N–H and O–H groups in total. The van der Waals surface area contributed by atoms with Crippen LogP contribution in [0.25, 0.3) is 121 Å². The molecule has 0 fully saturated rings. The molecule has 4 heteroatoms. The molecule has 0 aliphatic carbocycles. The number of hydrogen-bond donors (Lipinski definition) is 0. The number of nitrogens with zero attached hydrogens (tertiary/aromatic N) is 4. The van der Waals surface area contributed by atoms with E-state index in [1.54, 1.807) is 0 Å². The molecule has 0 aliphatic rings. The van der Waals surface area contributed by atoms with Crippen LogP contribution in [0.3, 0.4) is 0 Å². The second-order valence-electron chi connectivity index (χ2n) is 15.3. The summed E-state index contributed by atoms with van der Waals surface area (Å²) < 4.78 is 4.86. The second kappa shape index (κ2) is 11.8. The Hall–Kier alpha value is -7.82. The number of fused-ring (bicyclic) bond motifs is 7. The van der Waals surface area contributed by atoms with Gasteiger partial charge in [0, 0.05) is 38.1 Å². The lowest BCUT2D eigenvalue weighted by molar-refractivity contribution is 1.08. The predicted molar refractivity (Wildman–Crippen MR) is 242 cm³/mol. The molecule has 58 heavy (non-hydrogen) atoms. The Morgan fingerprint density at radius 3 is 1.72 bits per heavy atom. The maximum atomic E-state index is 5.82. The van der Waals surface area contributed by atoms with Crippen molar-refractivity contribution in [2.24, 2.45) is 0 Å². The summed E-state index contributed by atoms with van der Waals surface area (Å²) in [6.45, 7) is 0. The summed E-state index contributed by atoms with van der Waals surface area (Å²) in [6, 6.07) is 69.9. The van der Waals surface area contributed by atoms with Crippen molar-refractivity contribution in [1.29, 1.82) is 0 Å². The van der Waals surface area contributed by atoms with Crippen LogP contribution in [0.4, 0.5) is 0 Å². The lowest BCUT2D eigenvalue weighted by Crippen LogP contribution is -2.05. The van der Waals surface area contributed by atoms with Gasteiger partial charge in [-0.15, -0.1) is 0 Å². The summed E-state index contributed by atoms with van der Waals surface area (Å²) in [5.74, 6) is 0.807. The molecule has 0 radical (unpaired) electrons. The number of hydrogen-bond acceptors (Lipinski definition) is 2. The van der Waals surface area contributed by atoms with E-state index >= 15 is 0 Å². The molecule has 0 unspecified atom stereocenters. The van der Waals surface area contributed by atoms with Crippen molar-refractivity contribution in [3.8, 4) is 39.3 Å². The molecule has 0 spiro atoms. The Morgan fingerprint density at radius 1 is 0.362 bits per heavy atom. The molecule has 13 aromatic rings. The fourth-order valence-electron chi connectivity index (χ4n) is 9.76. The van der Waals surface area contributed by atoms with E-state index in [2.05, 4.69) is 203 Å². The van der Waals surface area contributed by atoms with Gasteiger partial charge in [-0.3, -0.25) is 4.57 Å². The lowest BCUT2D eigenvalue weighted by atomic mass is 9.94. The molecule has 13 rings (SSSR count). The van der Waals surface area contributed by atoms with Crippen LogP contribution in [0.2, 0.25) is 0 Å². The third-order valence-electron chi connectivity index (χ3n) is 12.2. The van der Waals surface area contributed by atoms with Gasteiger partial charge in [0.25, 0.3) is 0 Å². The Labute approximate surface area is 332 Å². The highest BCUT2D eigenvalue weighted by molar-refractivity contribution is 6.31. The van der Waals surface area contributed by atoms with Crippen LogP contribution in [-0.2, 0) is 0 Å². The number of aromatic nitrogens is 4. The van der Waals surface area contributed by atoms with Gasteiger partial charge in [-0.25, -0.2) is 9.97 Å². The largest absolute Gasteiger partial charge is 0.308 e. The fraction of sp³-hybridized carbons (Fsp3) is 0. The Kier molecular flexibility index (Phi) is 6.41. The highest BCUT2D eigenvalue weighted by atomic mass is 15.1. The van der Waals surface area contributed by atoms with E-state index < -0.39 is 0 Å². The maximum Gasteiger partial charge on any atom is 0.165 e. The smallest absolute Gasteiger partial charge is 0.165 e. The summed E-state index contributed by atoms with van der Waals surface area (Å²) in [6.07, 6.45) is 0. The van der Waals surface area contributed by atoms with Gasteiger partial charge in [-0.05, 0) is 63.2 Å². The zero-order chi connectivity index (χ0) is 37.9. The second-order valence-corrected chi connectivity index (χ2v) is 15.3. The normalized spacial score (nSPS) is 12.1. The van der Waals surface area contributed by atoms with Crippen LogP contribution in [-0.4, -0.2) is 18.9 Å². The molecule has 4 heterocycles. The van der Waals surface area contributed by atoms with E-state index in [0.29, 0.717) is 0 Å². The predicted octanol–water partition coefficient (Wildman–Crippen LogP) is 14.0. The van der Waals surface area contributed by atoms with E-state index in [9.17, 15) is 0 Å². The van der Waals surface area contributed by atoms with Crippen LogP contribution in [0.5, 0.6) is 0 Å². The van der Waals surface area contributed by atoms with Gasteiger partial charge in [0.05, 0.1) is 38.6 Å². The van der Waals surface area contributed by atoms with Crippen molar-refractivity contribution in [2.45, 2.75) is 0 Å². The van der Waals surface area contributed by atoms with Crippen LogP contribution >= 0.6 is 0 Å². The van der Waals surface area contributed by atoms with E-state index in [1.165, 1.54) is 60.0 Å². The van der Waals surface area contributed by atoms with Crippen molar-refractivity contribution in [3.05, 3.63) is 194 Å². The van der Waals surface area contributed by atoms with Crippen molar-refractivity contribution >= 4 is 81.7 Å². The highest BCUT2D eigenvalue weighted by Gasteiger charge is 2.25. The average Bonchev–Trinajstić information content (AvgIpc) is 3.77. The van der Waals surface area contributed by atoms with Crippen molar-refractivity contribution in [3.63, 3.8) is 0 Å². The minimum atomic E-state index is 0.807. The van der Waals surface area contributed by atoms with E-state index in [0.717, 1.165) is 61.0 Å². The number of benzene rings is 9. The molecule has 4 aromatic heterocycles. The molecule has 0 bridgehead atoms. The van der Waals surface area contributed by atoms with Gasteiger partial charge in [-0.1, -0.05) is 164 Å². The van der Waals surface area contributed by atoms with Crippen molar-refractivity contribution < 1.29 is 0 Å². The van der Waals surface area contributed by atoms with Crippen LogP contribution < -0.4 is 0 Å².